The minimum absolute atomic E-state index is 0.0575. The van der Waals surface area contributed by atoms with E-state index in [-0.39, 0.29) is 11.9 Å². The third kappa shape index (κ3) is 4.07. The number of amides is 1. The van der Waals surface area contributed by atoms with Crippen LogP contribution in [0.2, 0.25) is 0 Å². The molecule has 0 bridgehead atoms. The summed E-state index contributed by atoms with van der Waals surface area (Å²) in [5.74, 6) is 0.0575. The summed E-state index contributed by atoms with van der Waals surface area (Å²) >= 11 is 0. The smallest absolute Gasteiger partial charge is 0.236 e. The van der Waals surface area contributed by atoms with Gasteiger partial charge in [-0.15, -0.1) is 0 Å². The molecule has 1 aliphatic rings. The van der Waals surface area contributed by atoms with Gasteiger partial charge in [-0.25, -0.2) is 0 Å². The van der Waals surface area contributed by atoms with Crippen LogP contribution >= 0.6 is 0 Å². The van der Waals surface area contributed by atoms with Crippen molar-refractivity contribution in [1.29, 1.82) is 0 Å². The summed E-state index contributed by atoms with van der Waals surface area (Å²) in [6, 6.07) is 2.44. The van der Waals surface area contributed by atoms with Gasteiger partial charge >= 0.3 is 0 Å². The first-order valence-electron chi connectivity index (χ1n) is 7.76. The lowest BCUT2D eigenvalue weighted by molar-refractivity contribution is -0.122. The van der Waals surface area contributed by atoms with Gasteiger partial charge in [-0.1, -0.05) is 19.8 Å². The van der Waals surface area contributed by atoms with Gasteiger partial charge in [0.2, 0.25) is 5.91 Å². The second-order valence-electron chi connectivity index (χ2n) is 5.62. The summed E-state index contributed by atoms with van der Waals surface area (Å²) in [5.41, 5.74) is 1.01. The number of aromatic nitrogens is 2. The molecule has 1 saturated carbocycles. The highest BCUT2D eigenvalue weighted by atomic mass is 16.2. The molecule has 1 unspecified atom stereocenters. The van der Waals surface area contributed by atoms with Gasteiger partial charge < -0.3 is 10.6 Å². The summed E-state index contributed by atoms with van der Waals surface area (Å²) < 4.78 is 2.09. The molecule has 0 radical (unpaired) electrons. The Kier molecular flexibility index (Phi) is 5.59. The average molecular weight is 278 g/mol. The predicted octanol–water partition coefficient (Wildman–Crippen LogP) is 2.00. The highest BCUT2D eigenvalue weighted by molar-refractivity contribution is 5.81. The number of carbonyl (C=O) groups excluding carboxylic acids is 1. The summed E-state index contributed by atoms with van der Waals surface area (Å²) in [5, 5.41) is 10.7. The zero-order valence-corrected chi connectivity index (χ0v) is 12.6. The van der Waals surface area contributed by atoms with Gasteiger partial charge in [0.05, 0.1) is 17.8 Å². The van der Waals surface area contributed by atoms with E-state index >= 15 is 0 Å². The number of hydrogen-bond donors (Lipinski definition) is 2. The Morgan fingerprint density at radius 2 is 2.25 bits per heavy atom. The predicted molar refractivity (Wildman–Crippen MR) is 79.3 cm³/mol. The molecule has 5 heteroatoms. The maximum absolute atomic E-state index is 11.7. The van der Waals surface area contributed by atoms with Crippen molar-refractivity contribution in [3.8, 4) is 0 Å². The van der Waals surface area contributed by atoms with Crippen molar-refractivity contribution in [3.63, 3.8) is 0 Å². The van der Waals surface area contributed by atoms with E-state index in [1.807, 2.05) is 19.9 Å². The van der Waals surface area contributed by atoms with Crippen LogP contribution < -0.4 is 10.6 Å². The molecule has 1 aliphatic carbocycles. The Morgan fingerprint density at radius 3 is 2.95 bits per heavy atom. The minimum Gasteiger partial charge on any atom is -0.355 e. The summed E-state index contributed by atoms with van der Waals surface area (Å²) in [4.78, 5) is 11.7. The first kappa shape index (κ1) is 15.0. The molecular weight excluding hydrogens is 252 g/mol. The Balaban J connectivity index is 1.77. The van der Waals surface area contributed by atoms with Crippen LogP contribution in [0.1, 0.15) is 57.7 Å². The fraction of sp³-hybridized carbons (Fsp3) is 0.733. The maximum atomic E-state index is 11.7. The molecule has 0 aromatic carbocycles. The number of nitrogens with zero attached hydrogens (tertiary/aromatic N) is 2. The molecule has 1 fully saturated rings. The molecular formula is C15H26N4O. The van der Waals surface area contributed by atoms with Gasteiger partial charge in [0.15, 0.2) is 0 Å². The fourth-order valence-electron chi connectivity index (χ4n) is 2.60. The lowest BCUT2D eigenvalue weighted by Gasteiger charge is -2.13. The molecule has 2 N–H and O–H groups in total. The second kappa shape index (κ2) is 7.43. The van der Waals surface area contributed by atoms with Crippen LogP contribution in [0.4, 0.5) is 0 Å². The zero-order valence-electron chi connectivity index (χ0n) is 12.6. The van der Waals surface area contributed by atoms with Crippen molar-refractivity contribution in [3.05, 3.63) is 18.0 Å². The van der Waals surface area contributed by atoms with Crippen LogP contribution in [-0.2, 0) is 11.3 Å². The molecule has 2 rings (SSSR count). The Labute approximate surface area is 121 Å². The molecule has 1 atom stereocenters. The van der Waals surface area contributed by atoms with Crippen molar-refractivity contribution in [2.75, 3.05) is 6.54 Å². The van der Waals surface area contributed by atoms with Crippen LogP contribution in [0.15, 0.2) is 12.3 Å². The molecule has 0 aliphatic heterocycles. The lowest BCUT2D eigenvalue weighted by Crippen LogP contribution is -2.42. The molecule has 0 spiro atoms. The van der Waals surface area contributed by atoms with Crippen molar-refractivity contribution < 1.29 is 4.79 Å². The van der Waals surface area contributed by atoms with Crippen LogP contribution in [0, 0.1) is 0 Å². The van der Waals surface area contributed by atoms with E-state index in [1.165, 1.54) is 25.7 Å². The lowest BCUT2D eigenvalue weighted by atomic mass is 10.3. The topological polar surface area (TPSA) is 59.0 Å². The third-order valence-electron chi connectivity index (χ3n) is 3.89. The monoisotopic (exact) mass is 278 g/mol. The quantitative estimate of drug-likeness (QED) is 0.802. The number of carbonyl (C=O) groups is 1. The van der Waals surface area contributed by atoms with Gasteiger partial charge in [0, 0.05) is 19.3 Å². The van der Waals surface area contributed by atoms with Gasteiger partial charge in [-0.3, -0.25) is 9.48 Å². The van der Waals surface area contributed by atoms with Crippen LogP contribution in [-0.4, -0.2) is 28.3 Å². The summed E-state index contributed by atoms with van der Waals surface area (Å²) in [7, 11) is 0. The minimum atomic E-state index is -0.182. The molecule has 0 saturated heterocycles. The molecule has 20 heavy (non-hydrogen) atoms. The number of nitrogens with one attached hydrogen (secondary N) is 2. The Morgan fingerprint density at radius 1 is 1.50 bits per heavy atom. The van der Waals surface area contributed by atoms with Gasteiger partial charge in [0.1, 0.15) is 0 Å². The highest BCUT2D eigenvalue weighted by Gasteiger charge is 2.18. The standard InChI is InChI=1S/C15H26N4O/c1-3-9-16-15(20)12(2)17-11-13-8-10-19(18-13)14-6-4-5-7-14/h8,10,12,14,17H,3-7,9,11H2,1-2H3,(H,16,20). The second-order valence-corrected chi connectivity index (χ2v) is 5.62. The van der Waals surface area contributed by atoms with Crippen molar-refractivity contribution in [2.45, 2.75) is 64.6 Å². The zero-order chi connectivity index (χ0) is 14.4. The summed E-state index contributed by atoms with van der Waals surface area (Å²) in [6.45, 7) is 5.31. The average Bonchev–Trinajstić information content (AvgIpc) is 3.12. The van der Waals surface area contributed by atoms with Crippen LogP contribution in [0.25, 0.3) is 0 Å². The Bertz CT molecular complexity index is 423. The molecule has 1 aromatic rings. The van der Waals surface area contributed by atoms with E-state index in [4.69, 9.17) is 0 Å². The highest BCUT2D eigenvalue weighted by Crippen LogP contribution is 2.28. The van der Waals surface area contributed by atoms with Gasteiger partial charge in [-0.2, -0.15) is 5.10 Å². The SMILES string of the molecule is CCCNC(=O)C(C)NCc1ccn(C2CCCC2)n1. The van der Waals surface area contributed by atoms with Gasteiger partial charge in [-0.05, 0) is 32.3 Å². The normalized spacial score (nSPS) is 17.3. The van der Waals surface area contributed by atoms with E-state index in [9.17, 15) is 4.79 Å². The first-order chi connectivity index (χ1) is 9.70. The van der Waals surface area contributed by atoms with E-state index in [0.717, 1.165) is 18.7 Å². The van der Waals surface area contributed by atoms with Crippen molar-refractivity contribution in [2.24, 2.45) is 0 Å². The molecule has 1 heterocycles. The number of hydrogen-bond acceptors (Lipinski definition) is 3. The van der Waals surface area contributed by atoms with E-state index < -0.39 is 0 Å². The van der Waals surface area contributed by atoms with Crippen molar-refractivity contribution in [1.82, 2.24) is 20.4 Å². The van der Waals surface area contributed by atoms with E-state index in [1.54, 1.807) is 0 Å². The molecule has 1 amide bonds. The molecule has 1 aromatic heterocycles. The van der Waals surface area contributed by atoms with E-state index in [0.29, 0.717) is 12.6 Å². The van der Waals surface area contributed by atoms with Crippen molar-refractivity contribution >= 4 is 5.91 Å². The largest absolute Gasteiger partial charge is 0.355 e. The fourth-order valence-corrected chi connectivity index (χ4v) is 2.60. The maximum Gasteiger partial charge on any atom is 0.236 e. The summed E-state index contributed by atoms with van der Waals surface area (Å²) in [6.07, 6.45) is 8.13. The Hall–Kier alpha value is -1.36. The number of rotatable bonds is 7. The molecule has 5 nitrogen and oxygen atoms in total. The third-order valence-corrected chi connectivity index (χ3v) is 3.89. The van der Waals surface area contributed by atoms with E-state index in [2.05, 4.69) is 26.6 Å². The van der Waals surface area contributed by atoms with Crippen LogP contribution in [0.5, 0.6) is 0 Å². The molecule has 112 valence electrons. The van der Waals surface area contributed by atoms with Gasteiger partial charge in [0.25, 0.3) is 0 Å². The first-order valence-corrected chi connectivity index (χ1v) is 7.76. The van der Waals surface area contributed by atoms with Crippen LogP contribution in [0.3, 0.4) is 0 Å².